The van der Waals surface area contributed by atoms with Gasteiger partial charge in [-0.15, -0.1) is 0 Å². The van der Waals surface area contributed by atoms with E-state index >= 15 is 0 Å². The van der Waals surface area contributed by atoms with Gasteiger partial charge in [0.05, 0.1) is 31.1 Å². The van der Waals surface area contributed by atoms with E-state index in [2.05, 4.69) is 4.98 Å². The van der Waals surface area contributed by atoms with Crippen LogP contribution in [0.3, 0.4) is 0 Å². The number of para-hydroxylation sites is 1. The molecule has 6 heteroatoms. The van der Waals surface area contributed by atoms with Crippen LogP contribution in [0.15, 0.2) is 30.5 Å². The molecule has 5 nitrogen and oxygen atoms in total. The molecule has 0 atom stereocenters. The summed E-state index contributed by atoms with van der Waals surface area (Å²) in [6, 6.07) is 7.30. The van der Waals surface area contributed by atoms with Crippen LogP contribution in [0.25, 0.3) is 0 Å². The summed E-state index contributed by atoms with van der Waals surface area (Å²) in [4.78, 5) is 18.0. The van der Waals surface area contributed by atoms with E-state index in [0.29, 0.717) is 17.3 Å². The highest BCUT2D eigenvalue weighted by Gasteiger charge is 2.16. The van der Waals surface area contributed by atoms with Crippen molar-refractivity contribution in [2.24, 2.45) is 7.05 Å². The number of anilines is 1. The van der Waals surface area contributed by atoms with Crippen LogP contribution in [-0.4, -0.2) is 29.7 Å². The van der Waals surface area contributed by atoms with E-state index in [9.17, 15) is 4.79 Å². The zero-order valence-corrected chi connectivity index (χ0v) is 12.4. The van der Waals surface area contributed by atoms with Gasteiger partial charge < -0.3 is 14.2 Å². The SMILES string of the molecule is COC(=O)c1ccccc1N(C)Cc1ncc(Cl)n1C. The topological polar surface area (TPSA) is 47.4 Å². The van der Waals surface area contributed by atoms with Gasteiger partial charge in [-0.3, -0.25) is 0 Å². The number of carbonyl (C=O) groups is 1. The van der Waals surface area contributed by atoms with Crippen molar-refractivity contribution in [3.05, 3.63) is 47.0 Å². The van der Waals surface area contributed by atoms with Gasteiger partial charge in [0.15, 0.2) is 0 Å². The number of halogens is 1. The Kier molecular flexibility index (Phi) is 4.29. The number of imidazole rings is 1. The standard InChI is InChI=1S/C14H16ClN3O2/c1-17(9-13-16-8-12(15)18(13)2)11-7-5-4-6-10(11)14(19)20-3/h4-8H,9H2,1-3H3. The summed E-state index contributed by atoms with van der Waals surface area (Å²) < 4.78 is 6.60. The maximum atomic E-state index is 11.8. The van der Waals surface area contributed by atoms with Gasteiger partial charge in [0.2, 0.25) is 0 Å². The molecule has 20 heavy (non-hydrogen) atoms. The summed E-state index contributed by atoms with van der Waals surface area (Å²) in [7, 11) is 5.12. The third kappa shape index (κ3) is 2.77. The fourth-order valence-electron chi connectivity index (χ4n) is 1.96. The third-order valence-electron chi connectivity index (χ3n) is 3.13. The van der Waals surface area contributed by atoms with Crippen LogP contribution in [-0.2, 0) is 18.3 Å². The Hall–Kier alpha value is -2.01. The van der Waals surface area contributed by atoms with Crippen molar-refractivity contribution in [3.63, 3.8) is 0 Å². The number of carbonyl (C=O) groups excluding carboxylic acids is 1. The quantitative estimate of drug-likeness (QED) is 0.813. The highest BCUT2D eigenvalue weighted by atomic mass is 35.5. The summed E-state index contributed by atoms with van der Waals surface area (Å²) >= 11 is 5.97. The fourth-order valence-corrected chi connectivity index (χ4v) is 2.10. The number of ether oxygens (including phenoxy) is 1. The van der Waals surface area contributed by atoms with E-state index in [1.165, 1.54) is 7.11 Å². The van der Waals surface area contributed by atoms with E-state index in [-0.39, 0.29) is 5.97 Å². The fraction of sp³-hybridized carbons (Fsp3) is 0.286. The van der Waals surface area contributed by atoms with Crippen molar-refractivity contribution in [3.8, 4) is 0 Å². The van der Waals surface area contributed by atoms with Gasteiger partial charge in [-0.05, 0) is 12.1 Å². The summed E-state index contributed by atoms with van der Waals surface area (Å²) in [5, 5.41) is 0.578. The molecule has 0 radical (unpaired) electrons. The smallest absolute Gasteiger partial charge is 0.339 e. The molecule has 0 aliphatic carbocycles. The molecule has 0 aliphatic heterocycles. The molecule has 1 aromatic heterocycles. The predicted molar refractivity (Wildman–Crippen MR) is 78.1 cm³/mol. The zero-order chi connectivity index (χ0) is 14.7. The predicted octanol–water partition coefficient (Wildman–Crippen LogP) is 2.50. The average Bonchev–Trinajstić information content (AvgIpc) is 2.78. The van der Waals surface area contributed by atoms with E-state index in [0.717, 1.165) is 11.5 Å². The molecule has 0 aliphatic rings. The van der Waals surface area contributed by atoms with Crippen LogP contribution in [0.2, 0.25) is 5.15 Å². The van der Waals surface area contributed by atoms with Crippen LogP contribution in [0.1, 0.15) is 16.2 Å². The Balaban J connectivity index is 2.27. The second-order valence-electron chi connectivity index (χ2n) is 4.42. The Morgan fingerprint density at radius 2 is 2.15 bits per heavy atom. The second kappa shape index (κ2) is 5.96. The van der Waals surface area contributed by atoms with Crippen LogP contribution in [0, 0.1) is 0 Å². The molecule has 0 unspecified atom stereocenters. The highest BCUT2D eigenvalue weighted by molar-refractivity contribution is 6.29. The van der Waals surface area contributed by atoms with E-state index in [4.69, 9.17) is 16.3 Å². The number of nitrogens with zero attached hydrogens (tertiary/aromatic N) is 3. The van der Waals surface area contributed by atoms with Crippen LogP contribution < -0.4 is 4.90 Å². The van der Waals surface area contributed by atoms with Crippen molar-refractivity contribution in [1.82, 2.24) is 9.55 Å². The molecule has 2 rings (SSSR count). The highest BCUT2D eigenvalue weighted by Crippen LogP contribution is 2.22. The molecule has 0 saturated heterocycles. The lowest BCUT2D eigenvalue weighted by molar-refractivity contribution is 0.0601. The Labute approximate surface area is 122 Å². The molecular weight excluding hydrogens is 278 g/mol. The van der Waals surface area contributed by atoms with Crippen LogP contribution >= 0.6 is 11.6 Å². The van der Waals surface area contributed by atoms with Gasteiger partial charge in [-0.1, -0.05) is 23.7 Å². The van der Waals surface area contributed by atoms with Crippen molar-refractivity contribution in [2.45, 2.75) is 6.54 Å². The maximum Gasteiger partial charge on any atom is 0.339 e. The number of rotatable bonds is 4. The zero-order valence-electron chi connectivity index (χ0n) is 11.6. The largest absolute Gasteiger partial charge is 0.465 e. The first-order chi connectivity index (χ1) is 9.54. The van der Waals surface area contributed by atoms with E-state index in [1.807, 2.05) is 31.1 Å². The van der Waals surface area contributed by atoms with Gasteiger partial charge >= 0.3 is 5.97 Å². The van der Waals surface area contributed by atoms with Gasteiger partial charge in [-0.25, -0.2) is 9.78 Å². The number of esters is 1. The molecule has 0 bridgehead atoms. The molecule has 106 valence electrons. The molecule has 0 N–H and O–H groups in total. The van der Waals surface area contributed by atoms with Crippen LogP contribution in [0.4, 0.5) is 5.69 Å². The van der Waals surface area contributed by atoms with Crippen molar-refractivity contribution in [2.75, 3.05) is 19.1 Å². The molecule has 1 aromatic carbocycles. The average molecular weight is 294 g/mol. The molecule has 0 saturated carbocycles. The number of hydrogen-bond donors (Lipinski definition) is 0. The Morgan fingerprint density at radius 1 is 1.45 bits per heavy atom. The number of methoxy groups -OCH3 is 1. The minimum Gasteiger partial charge on any atom is -0.465 e. The van der Waals surface area contributed by atoms with Gasteiger partial charge in [0.1, 0.15) is 11.0 Å². The minimum absolute atomic E-state index is 0.356. The van der Waals surface area contributed by atoms with E-state index < -0.39 is 0 Å². The molecular formula is C14H16ClN3O2. The lowest BCUT2D eigenvalue weighted by Crippen LogP contribution is -2.21. The summed E-state index contributed by atoms with van der Waals surface area (Å²) in [5.41, 5.74) is 1.32. The van der Waals surface area contributed by atoms with Gasteiger partial charge in [0, 0.05) is 14.1 Å². The van der Waals surface area contributed by atoms with Gasteiger partial charge in [-0.2, -0.15) is 0 Å². The minimum atomic E-state index is -0.356. The summed E-state index contributed by atoms with van der Waals surface area (Å²) in [5.74, 6) is 0.461. The third-order valence-corrected chi connectivity index (χ3v) is 3.48. The molecule has 2 aromatic rings. The molecule has 0 fully saturated rings. The van der Waals surface area contributed by atoms with Crippen molar-refractivity contribution in [1.29, 1.82) is 0 Å². The first kappa shape index (κ1) is 14.4. The first-order valence-corrected chi connectivity index (χ1v) is 6.47. The first-order valence-electron chi connectivity index (χ1n) is 6.09. The number of hydrogen-bond acceptors (Lipinski definition) is 4. The molecule has 1 heterocycles. The van der Waals surface area contributed by atoms with E-state index in [1.54, 1.807) is 22.9 Å². The maximum absolute atomic E-state index is 11.8. The lowest BCUT2D eigenvalue weighted by Gasteiger charge is -2.21. The number of aromatic nitrogens is 2. The van der Waals surface area contributed by atoms with Gasteiger partial charge in [0.25, 0.3) is 0 Å². The van der Waals surface area contributed by atoms with Crippen molar-refractivity contribution >= 4 is 23.3 Å². The number of benzene rings is 1. The lowest BCUT2D eigenvalue weighted by atomic mass is 10.1. The summed E-state index contributed by atoms with van der Waals surface area (Å²) in [6.45, 7) is 0.539. The monoisotopic (exact) mass is 293 g/mol. The normalized spacial score (nSPS) is 10.4. The second-order valence-corrected chi connectivity index (χ2v) is 4.81. The molecule has 0 amide bonds. The Morgan fingerprint density at radius 3 is 2.75 bits per heavy atom. The van der Waals surface area contributed by atoms with Crippen molar-refractivity contribution < 1.29 is 9.53 Å². The summed E-state index contributed by atoms with van der Waals surface area (Å²) in [6.07, 6.45) is 1.61. The molecule has 0 spiro atoms. The Bertz CT molecular complexity index is 625. The van der Waals surface area contributed by atoms with Crippen LogP contribution in [0.5, 0.6) is 0 Å².